The molecule has 0 N–H and O–H groups in total. The Hall–Kier alpha value is -3.51. The zero-order valence-electron chi connectivity index (χ0n) is 21.7. The second-order valence-corrected chi connectivity index (χ2v) is 10.0. The predicted octanol–water partition coefficient (Wildman–Crippen LogP) is 4.96. The number of aromatic nitrogens is 1. The maximum Gasteiger partial charge on any atom is 0.254 e. The van der Waals surface area contributed by atoms with Gasteiger partial charge in [0, 0.05) is 68.4 Å². The number of carbonyl (C=O) groups excluding carboxylic acids is 2. The highest BCUT2D eigenvalue weighted by molar-refractivity contribution is 5.96. The van der Waals surface area contributed by atoms with Crippen LogP contribution in [0.2, 0.25) is 0 Å². The molecule has 6 nitrogen and oxygen atoms in total. The van der Waals surface area contributed by atoms with Crippen LogP contribution in [0.4, 0.5) is 0 Å². The summed E-state index contributed by atoms with van der Waals surface area (Å²) in [6.07, 6.45) is 3.60. The van der Waals surface area contributed by atoms with E-state index in [2.05, 4.69) is 11.8 Å². The number of carbonyl (C=O) groups is 2. The second-order valence-electron chi connectivity index (χ2n) is 10.0. The Labute approximate surface area is 219 Å². The summed E-state index contributed by atoms with van der Waals surface area (Å²) in [7, 11) is 0. The molecule has 0 bridgehead atoms. The Morgan fingerprint density at radius 2 is 1.30 bits per heavy atom. The van der Waals surface area contributed by atoms with Gasteiger partial charge in [0.1, 0.15) is 0 Å². The van der Waals surface area contributed by atoms with E-state index in [0.29, 0.717) is 23.9 Å². The normalized spacial score (nSPS) is 17.1. The Bertz CT molecular complexity index is 1140. The topological polar surface area (TPSA) is 56.8 Å². The Balaban J connectivity index is 1.27. The van der Waals surface area contributed by atoms with Crippen molar-refractivity contribution in [2.24, 2.45) is 0 Å². The van der Waals surface area contributed by atoms with E-state index in [1.54, 1.807) is 0 Å². The summed E-state index contributed by atoms with van der Waals surface area (Å²) >= 11 is 0. The van der Waals surface area contributed by atoms with Crippen LogP contribution in [0.5, 0.6) is 0 Å². The molecule has 5 rings (SSSR count). The van der Waals surface area contributed by atoms with Crippen molar-refractivity contribution in [1.29, 1.82) is 0 Å². The van der Waals surface area contributed by atoms with Crippen LogP contribution in [-0.4, -0.2) is 76.8 Å². The van der Waals surface area contributed by atoms with Crippen molar-refractivity contribution in [2.45, 2.75) is 38.6 Å². The molecule has 6 heteroatoms. The van der Waals surface area contributed by atoms with Gasteiger partial charge in [-0.05, 0) is 31.4 Å². The molecular weight excluding hydrogens is 460 g/mol. The summed E-state index contributed by atoms with van der Waals surface area (Å²) in [4.78, 5) is 37.3. The molecule has 37 heavy (non-hydrogen) atoms. The van der Waals surface area contributed by atoms with E-state index in [1.165, 1.54) is 0 Å². The summed E-state index contributed by atoms with van der Waals surface area (Å²) in [5.41, 5.74) is 4.32. The molecule has 0 atom stereocenters. The van der Waals surface area contributed by atoms with Crippen molar-refractivity contribution < 1.29 is 9.59 Å². The van der Waals surface area contributed by atoms with Crippen LogP contribution >= 0.6 is 0 Å². The summed E-state index contributed by atoms with van der Waals surface area (Å²) in [5, 5.41) is 0. The quantitative estimate of drug-likeness (QED) is 0.484. The lowest BCUT2D eigenvalue weighted by atomic mass is 10.0. The molecular formula is C31H36N4O2. The van der Waals surface area contributed by atoms with Crippen LogP contribution in [0, 0.1) is 0 Å². The Morgan fingerprint density at radius 1 is 0.757 bits per heavy atom. The lowest BCUT2D eigenvalue weighted by Gasteiger charge is -2.42. The molecule has 0 radical (unpaired) electrons. The highest BCUT2D eigenvalue weighted by atomic mass is 16.2. The number of piperazine rings is 1. The van der Waals surface area contributed by atoms with Gasteiger partial charge in [-0.25, -0.2) is 4.98 Å². The van der Waals surface area contributed by atoms with Crippen LogP contribution in [-0.2, 0) is 4.79 Å². The van der Waals surface area contributed by atoms with Crippen LogP contribution < -0.4 is 0 Å². The van der Waals surface area contributed by atoms with Crippen LogP contribution in [0.15, 0.2) is 72.8 Å². The minimum Gasteiger partial charge on any atom is -0.343 e. The number of rotatable bonds is 6. The van der Waals surface area contributed by atoms with Crippen molar-refractivity contribution in [1.82, 2.24) is 19.7 Å². The maximum atomic E-state index is 13.7. The molecule has 2 amide bonds. The molecule has 2 aromatic carbocycles. The SMILES string of the molecule is CCCC(=O)N1CCC(N2CCN(C(=O)c3cc(-c4ccccc4)nc(-c4ccccc4)c3)CC2)CC1. The van der Waals surface area contributed by atoms with Gasteiger partial charge in [0.05, 0.1) is 11.4 Å². The lowest BCUT2D eigenvalue weighted by molar-refractivity contribution is -0.132. The van der Waals surface area contributed by atoms with Gasteiger partial charge in [-0.1, -0.05) is 67.6 Å². The zero-order chi connectivity index (χ0) is 25.6. The lowest BCUT2D eigenvalue weighted by Crippen LogP contribution is -2.54. The van der Waals surface area contributed by atoms with Crippen molar-refractivity contribution in [3.8, 4) is 22.5 Å². The number of nitrogens with zero attached hydrogens (tertiary/aromatic N) is 4. The third-order valence-electron chi connectivity index (χ3n) is 7.61. The first-order valence-electron chi connectivity index (χ1n) is 13.6. The van der Waals surface area contributed by atoms with Crippen molar-refractivity contribution in [3.05, 3.63) is 78.4 Å². The summed E-state index contributed by atoms with van der Waals surface area (Å²) < 4.78 is 0. The van der Waals surface area contributed by atoms with Gasteiger partial charge in [0.15, 0.2) is 0 Å². The van der Waals surface area contributed by atoms with E-state index in [9.17, 15) is 9.59 Å². The van der Waals surface area contributed by atoms with E-state index < -0.39 is 0 Å². The number of hydrogen-bond acceptors (Lipinski definition) is 4. The average Bonchev–Trinajstić information content (AvgIpc) is 2.98. The fourth-order valence-corrected chi connectivity index (χ4v) is 5.49. The molecule has 1 aromatic heterocycles. The molecule has 0 unspecified atom stereocenters. The number of hydrogen-bond donors (Lipinski definition) is 0. The number of amides is 2. The summed E-state index contributed by atoms with van der Waals surface area (Å²) in [6.45, 7) is 6.95. The number of piperidine rings is 1. The summed E-state index contributed by atoms with van der Waals surface area (Å²) in [5.74, 6) is 0.356. The maximum absolute atomic E-state index is 13.7. The Morgan fingerprint density at radius 3 is 1.81 bits per heavy atom. The molecule has 2 saturated heterocycles. The van der Waals surface area contributed by atoms with Gasteiger partial charge in [-0.3, -0.25) is 14.5 Å². The molecule has 0 spiro atoms. The van der Waals surface area contributed by atoms with Gasteiger partial charge in [-0.15, -0.1) is 0 Å². The Kier molecular flexibility index (Phi) is 7.95. The van der Waals surface area contributed by atoms with Gasteiger partial charge in [0.2, 0.25) is 5.91 Å². The molecule has 3 aromatic rings. The summed E-state index contributed by atoms with van der Waals surface area (Å²) in [6, 6.07) is 24.5. The number of pyridine rings is 1. The standard InChI is InChI=1S/C31H36N4O2/c1-2-9-30(36)34-16-14-27(15-17-34)33-18-20-35(21-19-33)31(37)26-22-28(24-10-5-3-6-11-24)32-29(23-26)25-12-7-4-8-13-25/h3-8,10-13,22-23,27H,2,9,14-21H2,1H3. The van der Waals surface area contributed by atoms with E-state index in [4.69, 9.17) is 4.98 Å². The van der Waals surface area contributed by atoms with Gasteiger partial charge >= 0.3 is 0 Å². The highest BCUT2D eigenvalue weighted by Crippen LogP contribution is 2.26. The van der Waals surface area contributed by atoms with E-state index in [-0.39, 0.29) is 5.91 Å². The molecule has 0 saturated carbocycles. The van der Waals surface area contributed by atoms with E-state index >= 15 is 0 Å². The van der Waals surface area contributed by atoms with Crippen molar-refractivity contribution >= 4 is 11.8 Å². The highest BCUT2D eigenvalue weighted by Gasteiger charge is 2.30. The third kappa shape index (κ3) is 5.91. The van der Waals surface area contributed by atoms with Gasteiger partial charge in [-0.2, -0.15) is 0 Å². The fraction of sp³-hybridized carbons (Fsp3) is 0.387. The van der Waals surface area contributed by atoms with Gasteiger partial charge in [0.25, 0.3) is 5.91 Å². The first-order chi connectivity index (χ1) is 18.1. The number of benzene rings is 2. The van der Waals surface area contributed by atoms with Crippen LogP contribution in [0.1, 0.15) is 43.0 Å². The van der Waals surface area contributed by atoms with Crippen LogP contribution in [0.25, 0.3) is 22.5 Å². The van der Waals surface area contributed by atoms with Crippen molar-refractivity contribution in [3.63, 3.8) is 0 Å². The van der Waals surface area contributed by atoms with Crippen LogP contribution in [0.3, 0.4) is 0 Å². The van der Waals surface area contributed by atoms with Crippen molar-refractivity contribution in [2.75, 3.05) is 39.3 Å². The molecule has 192 valence electrons. The second kappa shape index (κ2) is 11.7. The first-order valence-corrected chi connectivity index (χ1v) is 13.6. The molecule has 2 fully saturated rings. The van der Waals surface area contributed by atoms with E-state index in [0.717, 1.165) is 81.0 Å². The van der Waals surface area contributed by atoms with E-state index in [1.807, 2.05) is 82.6 Å². The first kappa shape index (κ1) is 25.2. The zero-order valence-corrected chi connectivity index (χ0v) is 21.7. The van der Waals surface area contributed by atoms with Gasteiger partial charge < -0.3 is 9.80 Å². The minimum absolute atomic E-state index is 0.0661. The third-order valence-corrected chi connectivity index (χ3v) is 7.61. The molecule has 2 aliphatic rings. The monoisotopic (exact) mass is 496 g/mol. The average molecular weight is 497 g/mol. The molecule has 0 aliphatic carbocycles. The fourth-order valence-electron chi connectivity index (χ4n) is 5.49. The minimum atomic E-state index is 0.0661. The largest absolute Gasteiger partial charge is 0.343 e. The molecule has 3 heterocycles. The predicted molar refractivity (Wildman–Crippen MR) is 147 cm³/mol. The number of likely N-dealkylation sites (tertiary alicyclic amines) is 1. The smallest absolute Gasteiger partial charge is 0.254 e. The molecule has 2 aliphatic heterocycles.